The zero-order chi connectivity index (χ0) is 9.31. The standard InChI is InChI=1S/C9H14N4/c1-2-9(3-4-9)13-8-7(10)5-11-6-12-8/h5-6H,2-4,10H2,1H3,(H,11,12,13). The van der Waals surface area contributed by atoms with Gasteiger partial charge in [0.25, 0.3) is 0 Å². The molecule has 4 nitrogen and oxygen atoms in total. The van der Waals surface area contributed by atoms with Crippen molar-refractivity contribution in [2.24, 2.45) is 0 Å². The van der Waals surface area contributed by atoms with Gasteiger partial charge in [-0.2, -0.15) is 0 Å². The molecule has 3 N–H and O–H groups in total. The lowest BCUT2D eigenvalue weighted by molar-refractivity contribution is 0.697. The quantitative estimate of drug-likeness (QED) is 0.734. The van der Waals surface area contributed by atoms with E-state index >= 15 is 0 Å². The van der Waals surface area contributed by atoms with Gasteiger partial charge in [-0.1, -0.05) is 6.92 Å². The van der Waals surface area contributed by atoms with Crippen LogP contribution in [0.3, 0.4) is 0 Å². The largest absolute Gasteiger partial charge is 0.394 e. The lowest BCUT2D eigenvalue weighted by Crippen LogP contribution is -2.21. The highest BCUT2D eigenvalue weighted by Gasteiger charge is 2.41. The maximum absolute atomic E-state index is 5.72. The van der Waals surface area contributed by atoms with E-state index in [1.807, 2.05) is 0 Å². The van der Waals surface area contributed by atoms with Crippen molar-refractivity contribution < 1.29 is 0 Å². The van der Waals surface area contributed by atoms with Crippen molar-refractivity contribution in [3.05, 3.63) is 12.5 Å². The lowest BCUT2D eigenvalue weighted by atomic mass is 10.2. The molecule has 0 unspecified atom stereocenters. The van der Waals surface area contributed by atoms with E-state index < -0.39 is 0 Å². The summed E-state index contributed by atoms with van der Waals surface area (Å²) >= 11 is 0. The molecule has 1 heterocycles. The molecule has 1 aliphatic carbocycles. The number of hydrogen-bond acceptors (Lipinski definition) is 4. The van der Waals surface area contributed by atoms with Crippen molar-refractivity contribution >= 4 is 11.5 Å². The zero-order valence-corrected chi connectivity index (χ0v) is 7.75. The van der Waals surface area contributed by atoms with E-state index in [1.165, 1.54) is 19.2 Å². The fourth-order valence-electron chi connectivity index (χ4n) is 1.41. The summed E-state index contributed by atoms with van der Waals surface area (Å²) in [5, 5.41) is 3.37. The molecule has 1 aromatic heterocycles. The molecular formula is C9H14N4. The predicted octanol–water partition coefficient (Wildman–Crippen LogP) is 1.41. The van der Waals surface area contributed by atoms with E-state index in [0.717, 1.165) is 12.2 Å². The third kappa shape index (κ3) is 1.56. The number of nitrogens with one attached hydrogen (secondary N) is 1. The summed E-state index contributed by atoms with van der Waals surface area (Å²) in [6.45, 7) is 2.18. The Morgan fingerprint density at radius 2 is 2.38 bits per heavy atom. The highest BCUT2D eigenvalue weighted by molar-refractivity contribution is 5.60. The molecule has 0 aromatic carbocycles. The van der Waals surface area contributed by atoms with Crippen LogP contribution in [0.1, 0.15) is 26.2 Å². The molecule has 1 saturated carbocycles. The van der Waals surface area contributed by atoms with Crippen LogP contribution in [0.5, 0.6) is 0 Å². The van der Waals surface area contributed by atoms with Crippen LogP contribution in [0.4, 0.5) is 11.5 Å². The van der Waals surface area contributed by atoms with Crippen molar-refractivity contribution in [2.75, 3.05) is 11.1 Å². The Hall–Kier alpha value is -1.32. The van der Waals surface area contributed by atoms with Crippen molar-refractivity contribution in [1.29, 1.82) is 0 Å². The first-order valence-corrected chi connectivity index (χ1v) is 4.59. The molecule has 0 radical (unpaired) electrons. The van der Waals surface area contributed by atoms with Gasteiger partial charge in [-0.25, -0.2) is 9.97 Å². The zero-order valence-electron chi connectivity index (χ0n) is 7.75. The Bertz CT molecular complexity index is 306. The number of nitrogen functional groups attached to an aromatic ring is 1. The highest BCUT2D eigenvalue weighted by atomic mass is 15.1. The Morgan fingerprint density at radius 3 is 2.92 bits per heavy atom. The van der Waals surface area contributed by atoms with E-state index in [1.54, 1.807) is 6.20 Å². The van der Waals surface area contributed by atoms with Gasteiger partial charge in [-0.15, -0.1) is 0 Å². The molecule has 1 aromatic rings. The molecule has 0 aliphatic heterocycles. The fraction of sp³-hybridized carbons (Fsp3) is 0.556. The predicted molar refractivity (Wildman–Crippen MR) is 52.3 cm³/mol. The van der Waals surface area contributed by atoms with E-state index in [-0.39, 0.29) is 5.54 Å². The van der Waals surface area contributed by atoms with Gasteiger partial charge in [0.05, 0.1) is 11.9 Å². The van der Waals surface area contributed by atoms with Crippen molar-refractivity contribution in [2.45, 2.75) is 31.7 Å². The van der Waals surface area contributed by atoms with E-state index in [4.69, 9.17) is 5.73 Å². The van der Waals surface area contributed by atoms with Gasteiger partial charge in [0.1, 0.15) is 6.33 Å². The summed E-state index contributed by atoms with van der Waals surface area (Å²) < 4.78 is 0. The third-order valence-electron chi connectivity index (χ3n) is 2.65. The topological polar surface area (TPSA) is 63.8 Å². The number of hydrogen-bond donors (Lipinski definition) is 2. The van der Waals surface area contributed by atoms with Crippen LogP contribution in [0.15, 0.2) is 12.5 Å². The van der Waals surface area contributed by atoms with Crippen molar-refractivity contribution in [1.82, 2.24) is 9.97 Å². The Morgan fingerprint density at radius 1 is 1.62 bits per heavy atom. The van der Waals surface area contributed by atoms with Crippen LogP contribution in [-0.2, 0) is 0 Å². The van der Waals surface area contributed by atoms with Crippen molar-refractivity contribution in [3.63, 3.8) is 0 Å². The second-order valence-electron chi connectivity index (χ2n) is 3.59. The molecule has 1 aliphatic rings. The average Bonchev–Trinajstić information content (AvgIpc) is 2.90. The minimum absolute atomic E-state index is 0.266. The number of anilines is 2. The lowest BCUT2D eigenvalue weighted by Gasteiger charge is -2.16. The number of aromatic nitrogens is 2. The van der Waals surface area contributed by atoms with Crippen LogP contribution < -0.4 is 11.1 Å². The van der Waals surface area contributed by atoms with Gasteiger partial charge in [0.2, 0.25) is 0 Å². The Balaban J connectivity index is 2.14. The average molecular weight is 178 g/mol. The van der Waals surface area contributed by atoms with Gasteiger partial charge in [-0.3, -0.25) is 0 Å². The Labute approximate surface area is 77.6 Å². The Kier molecular flexibility index (Phi) is 1.83. The van der Waals surface area contributed by atoms with Gasteiger partial charge in [-0.05, 0) is 19.3 Å². The molecular weight excluding hydrogens is 164 g/mol. The molecule has 70 valence electrons. The first kappa shape index (κ1) is 8.29. The molecule has 0 amide bonds. The van der Waals surface area contributed by atoms with Crippen LogP contribution in [-0.4, -0.2) is 15.5 Å². The van der Waals surface area contributed by atoms with E-state index in [0.29, 0.717) is 5.69 Å². The van der Waals surface area contributed by atoms with Crippen LogP contribution in [0.2, 0.25) is 0 Å². The summed E-state index contributed by atoms with van der Waals surface area (Å²) in [7, 11) is 0. The second-order valence-corrected chi connectivity index (χ2v) is 3.59. The number of nitrogens with two attached hydrogens (primary N) is 1. The van der Waals surface area contributed by atoms with Gasteiger partial charge in [0.15, 0.2) is 5.82 Å². The summed E-state index contributed by atoms with van der Waals surface area (Å²) in [6.07, 6.45) is 6.70. The van der Waals surface area contributed by atoms with E-state index in [9.17, 15) is 0 Å². The number of nitrogens with zero attached hydrogens (tertiary/aromatic N) is 2. The van der Waals surface area contributed by atoms with Gasteiger partial charge < -0.3 is 11.1 Å². The van der Waals surface area contributed by atoms with Crippen LogP contribution >= 0.6 is 0 Å². The second kappa shape index (κ2) is 2.87. The summed E-state index contributed by atoms with van der Waals surface area (Å²) in [5.41, 5.74) is 6.62. The minimum atomic E-state index is 0.266. The number of rotatable bonds is 3. The van der Waals surface area contributed by atoms with Gasteiger partial charge >= 0.3 is 0 Å². The smallest absolute Gasteiger partial charge is 0.153 e. The molecule has 0 bridgehead atoms. The third-order valence-corrected chi connectivity index (χ3v) is 2.65. The maximum Gasteiger partial charge on any atom is 0.153 e. The summed E-state index contributed by atoms with van der Waals surface area (Å²) in [6, 6.07) is 0. The first-order chi connectivity index (χ1) is 6.26. The molecule has 0 atom stereocenters. The molecule has 4 heteroatoms. The van der Waals surface area contributed by atoms with Crippen LogP contribution in [0, 0.1) is 0 Å². The van der Waals surface area contributed by atoms with E-state index in [2.05, 4.69) is 22.2 Å². The maximum atomic E-state index is 5.72. The molecule has 0 saturated heterocycles. The fourth-order valence-corrected chi connectivity index (χ4v) is 1.41. The van der Waals surface area contributed by atoms with Gasteiger partial charge in [0, 0.05) is 5.54 Å². The summed E-state index contributed by atoms with van der Waals surface area (Å²) in [5.74, 6) is 0.773. The normalized spacial score (nSPS) is 18.2. The van der Waals surface area contributed by atoms with Crippen LogP contribution in [0.25, 0.3) is 0 Å². The molecule has 2 rings (SSSR count). The molecule has 0 spiro atoms. The highest BCUT2D eigenvalue weighted by Crippen LogP contribution is 2.41. The molecule has 1 fully saturated rings. The minimum Gasteiger partial charge on any atom is -0.394 e. The SMILES string of the molecule is CCC1(Nc2ncncc2N)CC1. The van der Waals surface area contributed by atoms with Crippen molar-refractivity contribution in [3.8, 4) is 0 Å². The first-order valence-electron chi connectivity index (χ1n) is 4.59. The molecule has 13 heavy (non-hydrogen) atoms. The summed E-state index contributed by atoms with van der Waals surface area (Å²) in [4.78, 5) is 7.95. The monoisotopic (exact) mass is 178 g/mol.